The molecule has 1 heterocycles. The normalized spacial score (nSPS) is 10.9. The van der Waals surface area contributed by atoms with E-state index in [0.717, 1.165) is 22.5 Å². The van der Waals surface area contributed by atoms with Gasteiger partial charge in [0.1, 0.15) is 5.75 Å². The largest absolute Gasteiger partial charge is 0.497 e. The second-order valence-electron chi connectivity index (χ2n) is 6.76. The van der Waals surface area contributed by atoms with Crippen LogP contribution in [0.3, 0.4) is 0 Å². The van der Waals surface area contributed by atoms with Crippen LogP contribution in [0.2, 0.25) is 0 Å². The first kappa shape index (κ1) is 20.8. The average molecular weight is 406 g/mol. The highest BCUT2D eigenvalue weighted by molar-refractivity contribution is 5.85. The highest BCUT2D eigenvalue weighted by atomic mass is 16.6. The molecule has 0 unspecified atom stereocenters. The predicted molar refractivity (Wildman–Crippen MR) is 114 cm³/mol. The van der Waals surface area contributed by atoms with Crippen molar-refractivity contribution in [1.29, 1.82) is 0 Å². The molecule has 8 heteroatoms. The van der Waals surface area contributed by atoms with Gasteiger partial charge in [0.2, 0.25) is 5.91 Å². The summed E-state index contributed by atoms with van der Waals surface area (Å²) in [5, 5.41) is 15.1. The number of carbonyl (C=O) groups excluding carboxylic acids is 1. The van der Waals surface area contributed by atoms with E-state index in [1.54, 1.807) is 25.5 Å². The number of hydrogen-bond acceptors (Lipinski definition) is 5. The Morgan fingerprint density at radius 3 is 2.70 bits per heavy atom. The van der Waals surface area contributed by atoms with Gasteiger partial charge in [-0.15, -0.1) is 0 Å². The minimum atomic E-state index is -0.419. The quantitative estimate of drug-likeness (QED) is 0.367. The number of nitrogens with one attached hydrogen (secondary N) is 1. The van der Waals surface area contributed by atoms with Gasteiger partial charge in [-0.3, -0.25) is 14.9 Å². The number of rotatable bonds is 7. The van der Waals surface area contributed by atoms with Crippen molar-refractivity contribution in [3.63, 3.8) is 0 Å². The Morgan fingerprint density at radius 1 is 1.20 bits per heavy atom. The fourth-order valence-electron chi connectivity index (χ4n) is 3.24. The molecule has 1 amide bonds. The number of carbonyl (C=O) groups is 1. The molecule has 0 fully saturated rings. The summed E-state index contributed by atoms with van der Waals surface area (Å²) in [6.07, 6.45) is 1.75. The molecule has 30 heavy (non-hydrogen) atoms. The van der Waals surface area contributed by atoms with Gasteiger partial charge in [-0.2, -0.15) is 5.10 Å². The molecular formula is C22H22N4O4. The van der Waals surface area contributed by atoms with Crippen LogP contribution in [0.1, 0.15) is 22.5 Å². The molecule has 154 valence electrons. The number of nitrogens with zero attached hydrogens (tertiary/aromatic N) is 3. The Hall–Kier alpha value is -3.94. The Morgan fingerprint density at radius 2 is 1.97 bits per heavy atom. The summed E-state index contributed by atoms with van der Waals surface area (Å²) in [6.45, 7) is 3.80. The third kappa shape index (κ3) is 4.72. The number of aryl methyl sites for hydroxylation is 1. The maximum absolute atomic E-state index is 12.1. The van der Waals surface area contributed by atoms with Crippen molar-refractivity contribution in [2.75, 3.05) is 7.11 Å². The molecule has 8 nitrogen and oxygen atoms in total. The van der Waals surface area contributed by atoms with Crippen molar-refractivity contribution in [3.8, 4) is 11.4 Å². The summed E-state index contributed by atoms with van der Waals surface area (Å²) in [6, 6.07) is 15.6. The zero-order valence-corrected chi connectivity index (χ0v) is 17.0. The average Bonchev–Trinajstić information content (AvgIpc) is 3.01. The van der Waals surface area contributed by atoms with Crippen LogP contribution >= 0.6 is 0 Å². The van der Waals surface area contributed by atoms with Gasteiger partial charge in [0.25, 0.3) is 5.69 Å². The van der Waals surface area contributed by atoms with E-state index in [0.29, 0.717) is 11.4 Å². The first-order valence-corrected chi connectivity index (χ1v) is 9.27. The molecule has 0 aliphatic rings. The molecular weight excluding hydrogens is 384 g/mol. The van der Waals surface area contributed by atoms with E-state index in [2.05, 4.69) is 10.5 Å². The van der Waals surface area contributed by atoms with E-state index >= 15 is 0 Å². The third-order valence-electron chi connectivity index (χ3n) is 4.66. The first-order chi connectivity index (χ1) is 14.4. The lowest BCUT2D eigenvalue weighted by molar-refractivity contribution is -0.384. The molecule has 0 aliphatic carbocycles. The maximum atomic E-state index is 12.1. The van der Waals surface area contributed by atoms with Gasteiger partial charge >= 0.3 is 0 Å². The zero-order chi connectivity index (χ0) is 21.7. The molecule has 0 atom stereocenters. The van der Waals surface area contributed by atoms with Crippen molar-refractivity contribution >= 4 is 17.8 Å². The lowest BCUT2D eigenvalue weighted by Crippen LogP contribution is -2.19. The summed E-state index contributed by atoms with van der Waals surface area (Å²) >= 11 is 0. The summed E-state index contributed by atoms with van der Waals surface area (Å²) < 4.78 is 7.07. The van der Waals surface area contributed by atoms with Crippen LogP contribution in [-0.2, 0) is 11.2 Å². The topological polar surface area (TPSA) is 98.8 Å². The summed E-state index contributed by atoms with van der Waals surface area (Å²) in [5.74, 6) is 0.449. The van der Waals surface area contributed by atoms with E-state index in [4.69, 9.17) is 4.74 Å². The number of aromatic nitrogens is 1. The molecule has 3 rings (SSSR count). The van der Waals surface area contributed by atoms with E-state index in [9.17, 15) is 14.9 Å². The number of amides is 1. The van der Waals surface area contributed by atoms with Crippen LogP contribution in [0.5, 0.6) is 5.75 Å². The molecule has 2 aromatic carbocycles. The van der Waals surface area contributed by atoms with Gasteiger partial charge in [0.15, 0.2) is 0 Å². The van der Waals surface area contributed by atoms with Crippen LogP contribution in [0.4, 0.5) is 5.69 Å². The fraction of sp³-hybridized carbons (Fsp3) is 0.182. The van der Waals surface area contributed by atoms with Crippen molar-refractivity contribution in [1.82, 2.24) is 9.99 Å². The molecule has 3 aromatic rings. The Labute approximate surface area is 173 Å². The van der Waals surface area contributed by atoms with E-state index in [1.165, 1.54) is 12.1 Å². The van der Waals surface area contributed by atoms with Crippen LogP contribution < -0.4 is 10.2 Å². The monoisotopic (exact) mass is 406 g/mol. The van der Waals surface area contributed by atoms with Gasteiger partial charge in [-0.05, 0) is 43.7 Å². The number of hydrazone groups is 1. The smallest absolute Gasteiger partial charge is 0.271 e. The maximum Gasteiger partial charge on any atom is 0.271 e. The Balaban J connectivity index is 1.72. The van der Waals surface area contributed by atoms with Gasteiger partial charge in [-0.25, -0.2) is 5.43 Å². The first-order valence-electron chi connectivity index (χ1n) is 9.27. The zero-order valence-electron chi connectivity index (χ0n) is 17.0. The van der Waals surface area contributed by atoms with Crippen LogP contribution in [-0.4, -0.2) is 28.7 Å². The SMILES string of the molecule is COc1cccc(CC(=O)N/N=C/c2cc(C)n(-c3cccc([N+](=O)[O-])c3)c2C)c1. The van der Waals surface area contributed by atoms with Gasteiger partial charge in [-0.1, -0.05) is 18.2 Å². The van der Waals surface area contributed by atoms with Crippen LogP contribution in [0, 0.1) is 24.0 Å². The minimum absolute atomic E-state index is 0.0278. The molecule has 0 aliphatic heterocycles. The van der Waals surface area contributed by atoms with E-state index < -0.39 is 4.92 Å². The fourth-order valence-corrected chi connectivity index (χ4v) is 3.24. The van der Waals surface area contributed by atoms with Crippen LogP contribution in [0.25, 0.3) is 5.69 Å². The van der Waals surface area contributed by atoms with Gasteiger partial charge in [0.05, 0.1) is 30.4 Å². The van der Waals surface area contributed by atoms with Gasteiger partial charge in [0, 0.05) is 29.1 Å². The van der Waals surface area contributed by atoms with E-state index in [-0.39, 0.29) is 18.0 Å². The molecule has 1 aromatic heterocycles. The molecule has 0 saturated carbocycles. The van der Waals surface area contributed by atoms with Crippen LogP contribution in [0.15, 0.2) is 59.7 Å². The number of nitro benzene ring substituents is 1. The molecule has 0 saturated heterocycles. The van der Waals surface area contributed by atoms with Crippen molar-refractivity contribution < 1.29 is 14.5 Å². The molecule has 0 bridgehead atoms. The Bertz CT molecular complexity index is 1120. The lowest BCUT2D eigenvalue weighted by Gasteiger charge is -2.09. The second-order valence-corrected chi connectivity index (χ2v) is 6.76. The number of nitro groups is 1. The summed E-state index contributed by atoms with van der Waals surface area (Å²) in [5.41, 5.74) is 6.64. The van der Waals surface area contributed by atoms with Crippen molar-refractivity contribution in [2.24, 2.45) is 5.10 Å². The molecule has 0 radical (unpaired) electrons. The number of methoxy groups -OCH3 is 1. The van der Waals surface area contributed by atoms with Crippen molar-refractivity contribution in [2.45, 2.75) is 20.3 Å². The summed E-state index contributed by atoms with van der Waals surface area (Å²) in [7, 11) is 1.58. The Kier molecular flexibility index (Phi) is 6.26. The highest BCUT2D eigenvalue weighted by Crippen LogP contribution is 2.23. The molecule has 0 spiro atoms. The number of hydrogen-bond donors (Lipinski definition) is 1. The molecule has 1 N–H and O–H groups in total. The third-order valence-corrected chi connectivity index (χ3v) is 4.66. The van der Waals surface area contributed by atoms with Crippen molar-refractivity contribution in [3.05, 3.63) is 87.2 Å². The number of benzene rings is 2. The number of ether oxygens (including phenoxy) is 1. The minimum Gasteiger partial charge on any atom is -0.497 e. The predicted octanol–water partition coefficient (Wildman–Crippen LogP) is 3.70. The lowest BCUT2D eigenvalue weighted by atomic mass is 10.1. The second kappa shape index (κ2) is 9.04. The van der Waals surface area contributed by atoms with E-state index in [1.807, 2.05) is 48.7 Å². The highest BCUT2D eigenvalue weighted by Gasteiger charge is 2.13. The standard InChI is InChI=1S/C22H22N4O4/c1-15-10-18(16(2)25(15)19-7-5-8-20(13-19)26(28)29)14-23-24-22(27)12-17-6-4-9-21(11-17)30-3/h4-11,13-14H,12H2,1-3H3,(H,24,27)/b23-14+. The number of non-ortho nitro benzene ring substituents is 1. The summed E-state index contributed by atoms with van der Waals surface area (Å²) in [4.78, 5) is 22.8. The van der Waals surface area contributed by atoms with Gasteiger partial charge < -0.3 is 9.30 Å².